The number of hydrogen-bond donors (Lipinski definition) is 2. The van der Waals surface area contributed by atoms with Gasteiger partial charge in [0.15, 0.2) is 0 Å². The molecule has 3 nitrogen and oxygen atoms in total. The minimum atomic E-state index is 0.0546. The Kier molecular flexibility index (Phi) is 5.13. The molecule has 0 fully saturated rings. The van der Waals surface area contributed by atoms with Gasteiger partial charge in [-0.2, -0.15) is 0 Å². The van der Waals surface area contributed by atoms with Crippen molar-refractivity contribution in [1.29, 1.82) is 0 Å². The number of amides is 1. The second kappa shape index (κ2) is 7.06. The molecule has 20 heavy (non-hydrogen) atoms. The van der Waals surface area contributed by atoms with Gasteiger partial charge in [0.05, 0.1) is 6.54 Å². The zero-order valence-corrected chi connectivity index (χ0v) is 12.1. The van der Waals surface area contributed by atoms with E-state index in [1.807, 2.05) is 12.1 Å². The maximum absolute atomic E-state index is 11.6. The Labute approximate surface area is 120 Å². The van der Waals surface area contributed by atoms with E-state index in [0.717, 1.165) is 6.54 Å². The molecule has 0 heterocycles. The number of benzene rings is 2. The first-order valence-corrected chi connectivity index (χ1v) is 7.11. The van der Waals surface area contributed by atoms with Gasteiger partial charge in [-0.3, -0.25) is 4.79 Å². The van der Waals surface area contributed by atoms with Crippen LogP contribution in [0.15, 0.2) is 42.5 Å². The molecular formula is C17H22N2O. The van der Waals surface area contributed by atoms with E-state index in [0.29, 0.717) is 19.0 Å². The van der Waals surface area contributed by atoms with Crippen molar-refractivity contribution in [3.63, 3.8) is 0 Å². The Morgan fingerprint density at radius 2 is 1.85 bits per heavy atom. The molecule has 0 aromatic heterocycles. The van der Waals surface area contributed by atoms with Gasteiger partial charge in [-0.05, 0) is 22.3 Å². The fraction of sp³-hybridized carbons (Fsp3) is 0.353. The van der Waals surface area contributed by atoms with E-state index in [9.17, 15) is 4.79 Å². The Balaban J connectivity index is 1.88. The van der Waals surface area contributed by atoms with Crippen molar-refractivity contribution < 1.29 is 4.79 Å². The number of hydrogen-bond acceptors (Lipinski definition) is 2. The maximum atomic E-state index is 11.6. The Hall–Kier alpha value is -1.87. The smallest absolute Gasteiger partial charge is 0.233 e. The van der Waals surface area contributed by atoms with Crippen LogP contribution in [0.4, 0.5) is 0 Å². The normalized spacial score (nSPS) is 10.9. The first-order valence-electron chi connectivity index (χ1n) is 7.11. The predicted octanol–water partition coefficient (Wildman–Crippen LogP) is 2.70. The molecule has 0 bridgehead atoms. The van der Waals surface area contributed by atoms with E-state index in [4.69, 9.17) is 0 Å². The molecule has 3 heteroatoms. The second-order valence-electron chi connectivity index (χ2n) is 5.44. The van der Waals surface area contributed by atoms with Crippen molar-refractivity contribution >= 4 is 16.7 Å². The highest BCUT2D eigenvalue weighted by atomic mass is 16.1. The highest BCUT2D eigenvalue weighted by molar-refractivity contribution is 5.85. The highest BCUT2D eigenvalue weighted by Gasteiger charge is 2.03. The predicted molar refractivity (Wildman–Crippen MR) is 83.5 cm³/mol. The lowest BCUT2D eigenvalue weighted by molar-refractivity contribution is -0.120. The van der Waals surface area contributed by atoms with Crippen molar-refractivity contribution in [2.24, 2.45) is 5.92 Å². The maximum Gasteiger partial charge on any atom is 0.233 e. The largest absolute Gasteiger partial charge is 0.355 e. The summed E-state index contributed by atoms with van der Waals surface area (Å²) in [5, 5.41) is 8.58. The minimum absolute atomic E-state index is 0.0546. The van der Waals surface area contributed by atoms with Gasteiger partial charge in [-0.1, -0.05) is 56.3 Å². The summed E-state index contributed by atoms with van der Waals surface area (Å²) in [7, 11) is 0. The van der Waals surface area contributed by atoms with Crippen LogP contribution in [0.2, 0.25) is 0 Å². The lowest BCUT2D eigenvalue weighted by atomic mass is 10.0. The molecule has 2 rings (SSSR count). The third-order valence-electron chi connectivity index (χ3n) is 3.19. The molecule has 0 spiro atoms. The quantitative estimate of drug-likeness (QED) is 0.847. The molecule has 0 aliphatic carbocycles. The van der Waals surface area contributed by atoms with Gasteiger partial charge in [0.1, 0.15) is 0 Å². The molecular weight excluding hydrogens is 248 g/mol. The topological polar surface area (TPSA) is 41.1 Å². The zero-order valence-electron chi connectivity index (χ0n) is 12.1. The monoisotopic (exact) mass is 270 g/mol. The van der Waals surface area contributed by atoms with Gasteiger partial charge in [-0.15, -0.1) is 0 Å². The molecule has 2 aromatic carbocycles. The number of nitrogens with one attached hydrogen (secondary N) is 2. The van der Waals surface area contributed by atoms with Crippen molar-refractivity contribution in [2.45, 2.75) is 20.4 Å². The van der Waals surface area contributed by atoms with Crippen LogP contribution in [0.25, 0.3) is 10.8 Å². The van der Waals surface area contributed by atoms with Gasteiger partial charge in [-0.25, -0.2) is 0 Å². The van der Waals surface area contributed by atoms with Crippen molar-refractivity contribution in [2.75, 3.05) is 13.1 Å². The van der Waals surface area contributed by atoms with E-state index in [1.165, 1.54) is 16.3 Å². The summed E-state index contributed by atoms with van der Waals surface area (Å²) >= 11 is 0. The van der Waals surface area contributed by atoms with Crippen LogP contribution >= 0.6 is 0 Å². The van der Waals surface area contributed by atoms with E-state index in [1.54, 1.807) is 0 Å². The average molecular weight is 270 g/mol. The number of rotatable bonds is 6. The van der Waals surface area contributed by atoms with Gasteiger partial charge in [0, 0.05) is 13.1 Å². The molecule has 0 aliphatic heterocycles. The van der Waals surface area contributed by atoms with Crippen molar-refractivity contribution in [3.8, 4) is 0 Å². The van der Waals surface area contributed by atoms with Gasteiger partial charge >= 0.3 is 0 Å². The molecule has 0 radical (unpaired) electrons. The molecule has 0 saturated carbocycles. The molecule has 2 N–H and O–H groups in total. The minimum Gasteiger partial charge on any atom is -0.355 e. The lowest BCUT2D eigenvalue weighted by Gasteiger charge is -2.10. The van der Waals surface area contributed by atoms with Crippen LogP contribution in [-0.4, -0.2) is 19.0 Å². The summed E-state index contributed by atoms with van der Waals surface area (Å²) in [6.45, 7) is 5.97. The van der Waals surface area contributed by atoms with Gasteiger partial charge < -0.3 is 10.6 Å². The third-order valence-corrected chi connectivity index (χ3v) is 3.19. The van der Waals surface area contributed by atoms with Crippen LogP contribution in [0, 0.1) is 5.92 Å². The van der Waals surface area contributed by atoms with Crippen molar-refractivity contribution in [1.82, 2.24) is 10.6 Å². The molecule has 1 amide bonds. The fourth-order valence-corrected chi connectivity index (χ4v) is 2.14. The summed E-state index contributed by atoms with van der Waals surface area (Å²) in [4.78, 5) is 11.6. The van der Waals surface area contributed by atoms with Crippen LogP contribution in [-0.2, 0) is 11.3 Å². The van der Waals surface area contributed by atoms with Crippen molar-refractivity contribution in [3.05, 3.63) is 48.0 Å². The van der Waals surface area contributed by atoms with Gasteiger partial charge in [0.25, 0.3) is 0 Å². The fourth-order valence-electron chi connectivity index (χ4n) is 2.14. The molecule has 0 saturated heterocycles. The summed E-state index contributed by atoms with van der Waals surface area (Å²) in [5.74, 6) is 0.538. The second-order valence-corrected chi connectivity index (χ2v) is 5.44. The lowest BCUT2D eigenvalue weighted by Crippen LogP contribution is -2.35. The van der Waals surface area contributed by atoms with Gasteiger partial charge in [0.2, 0.25) is 5.91 Å². The Morgan fingerprint density at radius 3 is 2.65 bits per heavy atom. The number of carbonyl (C=O) groups is 1. The zero-order chi connectivity index (χ0) is 14.4. The first-order chi connectivity index (χ1) is 9.66. The number of fused-ring (bicyclic) bond motifs is 1. The summed E-state index contributed by atoms with van der Waals surface area (Å²) in [6.07, 6.45) is 0. The molecule has 106 valence electrons. The first kappa shape index (κ1) is 14.5. The van der Waals surface area contributed by atoms with E-state index in [2.05, 4.69) is 54.8 Å². The third kappa shape index (κ3) is 4.07. The average Bonchev–Trinajstić information content (AvgIpc) is 2.45. The Bertz CT molecular complexity index is 573. The van der Waals surface area contributed by atoms with E-state index >= 15 is 0 Å². The summed E-state index contributed by atoms with van der Waals surface area (Å²) in [5.41, 5.74) is 1.22. The standard InChI is InChI=1S/C17H22N2O/c1-13(2)10-19-17(20)12-18-11-15-8-5-7-14-6-3-4-9-16(14)15/h3-9,13,18H,10-12H2,1-2H3,(H,19,20). The Morgan fingerprint density at radius 1 is 1.10 bits per heavy atom. The van der Waals surface area contributed by atoms with E-state index < -0.39 is 0 Å². The van der Waals surface area contributed by atoms with Crippen LogP contribution in [0.3, 0.4) is 0 Å². The molecule has 0 unspecified atom stereocenters. The summed E-state index contributed by atoms with van der Waals surface area (Å²) in [6, 6.07) is 14.6. The number of carbonyl (C=O) groups excluding carboxylic acids is 1. The van der Waals surface area contributed by atoms with Crippen LogP contribution in [0.5, 0.6) is 0 Å². The molecule has 2 aromatic rings. The van der Waals surface area contributed by atoms with Crippen LogP contribution in [0.1, 0.15) is 19.4 Å². The van der Waals surface area contributed by atoms with E-state index in [-0.39, 0.29) is 5.91 Å². The molecule has 0 aliphatic rings. The highest BCUT2D eigenvalue weighted by Crippen LogP contribution is 2.17. The summed E-state index contributed by atoms with van der Waals surface area (Å²) < 4.78 is 0. The van der Waals surface area contributed by atoms with Crippen LogP contribution < -0.4 is 10.6 Å². The SMILES string of the molecule is CC(C)CNC(=O)CNCc1cccc2ccccc12. The molecule has 0 atom stereocenters.